The van der Waals surface area contributed by atoms with Gasteiger partial charge < -0.3 is 10.1 Å². The summed E-state index contributed by atoms with van der Waals surface area (Å²) < 4.78 is 28.9. The van der Waals surface area contributed by atoms with Gasteiger partial charge in [0.25, 0.3) is 5.91 Å². The van der Waals surface area contributed by atoms with Gasteiger partial charge in [0.1, 0.15) is 5.60 Å². The average molecular weight is 328 g/mol. The predicted octanol–water partition coefficient (Wildman–Crippen LogP) is 1.40. The molecule has 0 spiro atoms. The van der Waals surface area contributed by atoms with Crippen LogP contribution in [-0.4, -0.2) is 32.3 Å². The normalized spacial score (nSPS) is 11.6. The van der Waals surface area contributed by atoms with E-state index in [2.05, 4.69) is 5.32 Å². The Morgan fingerprint density at radius 1 is 1.14 bits per heavy atom. The number of amides is 2. The van der Waals surface area contributed by atoms with Crippen molar-refractivity contribution in [2.45, 2.75) is 32.9 Å². The molecule has 2 N–H and O–H groups in total. The minimum atomic E-state index is -3.59. The van der Waals surface area contributed by atoms with Crippen molar-refractivity contribution in [2.24, 2.45) is 0 Å². The van der Waals surface area contributed by atoms with E-state index in [4.69, 9.17) is 4.74 Å². The van der Waals surface area contributed by atoms with Crippen LogP contribution in [0.5, 0.6) is 0 Å². The van der Waals surface area contributed by atoms with E-state index in [9.17, 15) is 18.0 Å². The molecule has 2 amide bonds. The van der Waals surface area contributed by atoms with Gasteiger partial charge in [0.05, 0.1) is 6.26 Å². The highest BCUT2D eigenvalue weighted by Gasteiger charge is 2.16. The van der Waals surface area contributed by atoms with Gasteiger partial charge in [0, 0.05) is 12.1 Å². The van der Waals surface area contributed by atoms with Gasteiger partial charge in [-0.3, -0.25) is 4.79 Å². The fraction of sp³-hybridized carbons (Fsp3) is 0.429. The fourth-order valence-electron chi connectivity index (χ4n) is 1.49. The molecule has 1 aromatic rings. The molecule has 122 valence electrons. The Morgan fingerprint density at radius 2 is 1.68 bits per heavy atom. The van der Waals surface area contributed by atoms with Crippen molar-refractivity contribution in [1.29, 1.82) is 0 Å². The second-order valence-electron chi connectivity index (χ2n) is 5.76. The highest BCUT2D eigenvalue weighted by Crippen LogP contribution is 2.08. The lowest BCUT2D eigenvalue weighted by atomic mass is 10.1. The van der Waals surface area contributed by atoms with Gasteiger partial charge in [0.15, 0.2) is 0 Å². The molecule has 0 aliphatic heterocycles. The molecule has 1 rings (SSSR count). The Labute approximate surface area is 130 Å². The number of sulfonamides is 1. The Balaban J connectivity index is 2.59. The van der Waals surface area contributed by atoms with E-state index in [1.807, 2.05) is 4.72 Å². The summed E-state index contributed by atoms with van der Waals surface area (Å²) in [6.45, 7) is 5.54. The lowest BCUT2D eigenvalue weighted by Gasteiger charge is -2.19. The molecule has 1 aromatic carbocycles. The number of nitrogens with one attached hydrogen (secondary N) is 2. The summed E-state index contributed by atoms with van der Waals surface area (Å²) in [7, 11) is -3.59. The SMILES string of the molecule is CC(C)(C)OC(=O)NCc1ccc(C(=O)NS(C)(=O)=O)cc1. The maximum atomic E-state index is 11.6. The van der Waals surface area contributed by atoms with Crippen LogP contribution >= 0.6 is 0 Å². The van der Waals surface area contributed by atoms with E-state index >= 15 is 0 Å². The second-order valence-corrected chi connectivity index (χ2v) is 7.50. The fourth-order valence-corrected chi connectivity index (χ4v) is 1.94. The molecule has 8 heteroatoms. The molecule has 0 atom stereocenters. The molecule has 0 fully saturated rings. The summed E-state index contributed by atoms with van der Waals surface area (Å²) in [6, 6.07) is 6.20. The van der Waals surface area contributed by atoms with E-state index in [-0.39, 0.29) is 12.1 Å². The standard InChI is InChI=1S/C14H20N2O5S/c1-14(2,3)21-13(18)15-9-10-5-7-11(8-6-10)12(17)16-22(4,19)20/h5-8H,9H2,1-4H3,(H,15,18)(H,16,17). The van der Waals surface area contributed by atoms with Gasteiger partial charge in [-0.2, -0.15) is 0 Å². The van der Waals surface area contributed by atoms with Crippen molar-refractivity contribution in [1.82, 2.24) is 10.0 Å². The van der Waals surface area contributed by atoms with Gasteiger partial charge in [0.2, 0.25) is 10.0 Å². The number of rotatable bonds is 4. The second kappa shape index (κ2) is 6.78. The summed E-state index contributed by atoms with van der Waals surface area (Å²) in [5.74, 6) is -0.700. The third-order valence-corrected chi connectivity index (χ3v) is 2.89. The average Bonchev–Trinajstić information content (AvgIpc) is 2.33. The molecule has 0 aromatic heterocycles. The summed E-state index contributed by atoms with van der Waals surface area (Å²) >= 11 is 0. The van der Waals surface area contributed by atoms with Crippen molar-refractivity contribution in [2.75, 3.05) is 6.26 Å². The molecule has 0 bridgehead atoms. The molecule has 0 saturated heterocycles. The van der Waals surface area contributed by atoms with Crippen molar-refractivity contribution in [3.05, 3.63) is 35.4 Å². The molecule has 0 heterocycles. The minimum absolute atomic E-state index is 0.214. The maximum Gasteiger partial charge on any atom is 0.407 e. The number of carbonyl (C=O) groups excluding carboxylic acids is 2. The van der Waals surface area contributed by atoms with Crippen molar-refractivity contribution < 1.29 is 22.7 Å². The van der Waals surface area contributed by atoms with Crippen LogP contribution in [-0.2, 0) is 21.3 Å². The molecule has 0 saturated carbocycles. The first kappa shape index (κ1) is 18.0. The lowest BCUT2D eigenvalue weighted by molar-refractivity contribution is 0.0523. The molecular weight excluding hydrogens is 308 g/mol. The number of hydrogen-bond acceptors (Lipinski definition) is 5. The third-order valence-electron chi connectivity index (χ3n) is 2.33. The van der Waals surface area contributed by atoms with Gasteiger partial charge in [-0.25, -0.2) is 17.9 Å². The number of carbonyl (C=O) groups is 2. The Kier molecular flexibility index (Phi) is 5.54. The number of ether oxygens (including phenoxy) is 1. The maximum absolute atomic E-state index is 11.6. The number of hydrogen-bond donors (Lipinski definition) is 2. The summed E-state index contributed by atoms with van der Waals surface area (Å²) in [5.41, 5.74) is 0.394. The summed E-state index contributed by atoms with van der Waals surface area (Å²) in [5, 5.41) is 2.58. The summed E-state index contributed by atoms with van der Waals surface area (Å²) in [6.07, 6.45) is 0.371. The van der Waals surface area contributed by atoms with E-state index < -0.39 is 27.6 Å². The predicted molar refractivity (Wildman–Crippen MR) is 81.8 cm³/mol. The first-order valence-electron chi connectivity index (χ1n) is 6.54. The number of benzene rings is 1. The largest absolute Gasteiger partial charge is 0.444 e. The van der Waals surface area contributed by atoms with Gasteiger partial charge in [-0.05, 0) is 38.5 Å². The highest BCUT2D eigenvalue weighted by atomic mass is 32.2. The van der Waals surface area contributed by atoms with E-state index in [1.54, 1.807) is 32.9 Å². The van der Waals surface area contributed by atoms with E-state index in [0.29, 0.717) is 0 Å². The van der Waals surface area contributed by atoms with Crippen LogP contribution in [0.4, 0.5) is 4.79 Å². The Hall–Kier alpha value is -2.09. The molecule has 0 radical (unpaired) electrons. The first-order chi connectivity index (χ1) is 9.96. The zero-order valence-corrected chi connectivity index (χ0v) is 13.8. The van der Waals surface area contributed by atoms with Crippen LogP contribution in [0.3, 0.4) is 0 Å². The Morgan fingerprint density at radius 3 is 2.14 bits per heavy atom. The minimum Gasteiger partial charge on any atom is -0.444 e. The van der Waals surface area contributed by atoms with E-state index in [1.165, 1.54) is 12.1 Å². The van der Waals surface area contributed by atoms with Crippen molar-refractivity contribution in [3.63, 3.8) is 0 Å². The van der Waals surface area contributed by atoms with Crippen LogP contribution in [0.25, 0.3) is 0 Å². The Bertz CT molecular complexity index is 645. The van der Waals surface area contributed by atoms with Crippen LogP contribution in [0.1, 0.15) is 36.7 Å². The molecule has 0 unspecified atom stereocenters. The molecule has 0 aliphatic rings. The van der Waals surface area contributed by atoms with Crippen molar-refractivity contribution >= 4 is 22.0 Å². The van der Waals surface area contributed by atoms with Crippen LogP contribution < -0.4 is 10.0 Å². The highest BCUT2D eigenvalue weighted by molar-refractivity contribution is 7.89. The quantitative estimate of drug-likeness (QED) is 0.870. The van der Waals surface area contributed by atoms with Crippen LogP contribution in [0.15, 0.2) is 24.3 Å². The van der Waals surface area contributed by atoms with Crippen LogP contribution in [0, 0.1) is 0 Å². The van der Waals surface area contributed by atoms with Crippen LogP contribution in [0.2, 0.25) is 0 Å². The van der Waals surface area contributed by atoms with Crippen molar-refractivity contribution in [3.8, 4) is 0 Å². The molecular formula is C14H20N2O5S. The van der Waals surface area contributed by atoms with Gasteiger partial charge in [-0.15, -0.1) is 0 Å². The van der Waals surface area contributed by atoms with Gasteiger partial charge in [-0.1, -0.05) is 12.1 Å². The molecule has 0 aliphatic carbocycles. The lowest BCUT2D eigenvalue weighted by Crippen LogP contribution is -2.32. The zero-order chi connectivity index (χ0) is 17.0. The van der Waals surface area contributed by atoms with Gasteiger partial charge >= 0.3 is 6.09 Å². The zero-order valence-electron chi connectivity index (χ0n) is 13.0. The van der Waals surface area contributed by atoms with E-state index in [0.717, 1.165) is 11.8 Å². The topological polar surface area (TPSA) is 102 Å². The summed E-state index contributed by atoms with van der Waals surface area (Å²) in [4.78, 5) is 23.1. The third kappa shape index (κ3) is 7.07. The molecule has 7 nitrogen and oxygen atoms in total. The number of alkyl carbamates (subject to hydrolysis) is 1. The smallest absolute Gasteiger partial charge is 0.407 e. The first-order valence-corrected chi connectivity index (χ1v) is 8.43. The molecule has 22 heavy (non-hydrogen) atoms. The monoisotopic (exact) mass is 328 g/mol.